The van der Waals surface area contributed by atoms with Crippen molar-refractivity contribution in [2.45, 2.75) is 32.9 Å². The number of Topliss-reactive ketones (excluding diaryl/α,β-unsaturated/α-hetero) is 1. The van der Waals surface area contributed by atoms with E-state index in [2.05, 4.69) is 0 Å². The number of methoxy groups -OCH3 is 3. The Balaban J connectivity index is 1.97. The molecule has 0 saturated heterocycles. The van der Waals surface area contributed by atoms with Crippen molar-refractivity contribution in [2.24, 2.45) is 0 Å². The maximum absolute atomic E-state index is 13.4. The number of hydrogen-bond acceptors (Lipinski definition) is 8. The molecule has 3 aromatic rings. The van der Waals surface area contributed by atoms with Gasteiger partial charge >= 0.3 is 0 Å². The van der Waals surface area contributed by atoms with E-state index < -0.39 is 23.3 Å². The van der Waals surface area contributed by atoms with E-state index in [0.717, 1.165) is 10.1 Å². The monoisotopic (exact) mass is 492 g/mol. The lowest BCUT2D eigenvalue weighted by atomic mass is 9.99. The van der Waals surface area contributed by atoms with Gasteiger partial charge in [0.15, 0.2) is 29.1 Å². The largest absolute Gasteiger partial charge is 0.494 e. The Kier molecular flexibility index (Phi) is 8.22. The number of nitriles is 1. The molecule has 1 N–H and O–H groups in total. The minimum atomic E-state index is -1.03. The van der Waals surface area contributed by atoms with Crippen molar-refractivity contribution in [2.75, 3.05) is 21.3 Å². The maximum Gasteiger partial charge on any atom is 0.271 e. The summed E-state index contributed by atoms with van der Waals surface area (Å²) in [6.45, 7) is 3.01. The molecule has 1 aromatic heterocycles. The molecule has 36 heavy (non-hydrogen) atoms. The van der Waals surface area contributed by atoms with Crippen LogP contribution in [-0.4, -0.2) is 42.9 Å². The van der Waals surface area contributed by atoms with Crippen LogP contribution in [0, 0.1) is 18.3 Å². The van der Waals surface area contributed by atoms with Crippen molar-refractivity contribution in [1.29, 1.82) is 5.26 Å². The molecule has 9 nitrogen and oxygen atoms in total. The number of rotatable bonds is 10. The first kappa shape index (κ1) is 26.2. The van der Waals surface area contributed by atoms with Crippen molar-refractivity contribution >= 4 is 5.78 Å². The van der Waals surface area contributed by atoms with Crippen LogP contribution < -0.4 is 24.5 Å². The Bertz CT molecular complexity index is 1370. The van der Waals surface area contributed by atoms with Crippen molar-refractivity contribution in [1.82, 2.24) is 4.57 Å². The lowest BCUT2D eigenvalue weighted by Crippen LogP contribution is -2.31. The van der Waals surface area contributed by atoms with E-state index in [0.29, 0.717) is 29.4 Å². The molecule has 3 rings (SSSR count). The van der Waals surface area contributed by atoms with Crippen LogP contribution in [0.4, 0.5) is 0 Å². The van der Waals surface area contributed by atoms with E-state index in [9.17, 15) is 20.0 Å². The van der Waals surface area contributed by atoms with E-state index in [4.69, 9.17) is 18.9 Å². The average molecular weight is 493 g/mol. The number of carbonyl (C=O) groups excluding carboxylic acids is 1. The van der Waals surface area contributed by atoms with Gasteiger partial charge in [-0.3, -0.25) is 14.2 Å². The smallest absolute Gasteiger partial charge is 0.271 e. The number of aromatic hydroxyl groups is 1. The molecular weight excluding hydrogens is 464 g/mol. The third-order valence-electron chi connectivity index (χ3n) is 5.86. The highest BCUT2D eigenvalue weighted by molar-refractivity contribution is 6.03. The molecule has 9 heteroatoms. The number of ketones is 1. The summed E-state index contributed by atoms with van der Waals surface area (Å²) >= 11 is 0. The summed E-state index contributed by atoms with van der Waals surface area (Å²) in [5.74, 6) is 0.771. The van der Waals surface area contributed by atoms with Gasteiger partial charge < -0.3 is 24.1 Å². The third-order valence-corrected chi connectivity index (χ3v) is 5.86. The summed E-state index contributed by atoms with van der Waals surface area (Å²) in [5.41, 5.74) is -0.127. The lowest BCUT2D eigenvalue weighted by Gasteiger charge is -2.20. The van der Waals surface area contributed by atoms with Crippen molar-refractivity contribution in [3.05, 3.63) is 75.1 Å². The molecule has 0 spiro atoms. The molecule has 0 aliphatic rings. The highest BCUT2D eigenvalue weighted by Gasteiger charge is 2.28. The molecule has 0 fully saturated rings. The predicted octanol–water partition coefficient (Wildman–Crippen LogP) is 3.65. The third kappa shape index (κ3) is 5.13. The van der Waals surface area contributed by atoms with Gasteiger partial charge in [0.05, 0.1) is 26.9 Å². The quantitative estimate of drug-likeness (QED) is 0.426. The Labute approximate surface area is 209 Å². The highest BCUT2D eigenvalue weighted by Crippen LogP contribution is 2.30. The van der Waals surface area contributed by atoms with Gasteiger partial charge in [-0.2, -0.15) is 5.26 Å². The minimum absolute atomic E-state index is 0.0249. The molecule has 0 aliphatic carbocycles. The van der Waals surface area contributed by atoms with Crippen LogP contribution in [0.25, 0.3) is 0 Å². The minimum Gasteiger partial charge on any atom is -0.494 e. The first-order valence-corrected chi connectivity index (χ1v) is 11.2. The van der Waals surface area contributed by atoms with Gasteiger partial charge in [-0.25, -0.2) is 0 Å². The number of para-hydroxylation sites is 2. The van der Waals surface area contributed by atoms with Gasteiger partial charge in [0, 0.05) is 6.54 Å². The fraction of sp³-hybridized carbons (Fsp3) is 0.296. The fourth-order valence-electron chi connectivity index (χ4n) is 3.89. The Morgan fingerprint density at radius 1 is 1.03 bits per heavy atom. The number of hydrogen-bond donors (Lipinski definition) is 1. The number of carbonyl (C=O) groups is 1. The molecule has 188 valence electrons. The van der Waals surface area contributed by atoms with Gasteiger partial charge in [-0.05, 0) is 55.7 Å². The predicted molar refractivity (Wildman–Crippen MR) is 132 cm³/mol. The Hall–Kier alpha value is -4.45. The van der Waals surface area contributed by atoms with Crippen LogP contribution in [0.5, 0.6) is 28.9 Å². The average Bonchev–Trinajstić information content (AvgIpc) is 2.88. The van der Waals surface area contributed by atoms with E-state index in [-0.39, 0.29) is 23.2 Å². The second kappa shape index (κ2) is 11.3. The number of ether oxygens (including phenoxy) is 4. The second-order valence-corrected chi connectivity index (χ2v) is 7.98. The van der Waals surface area contributed by atoms with Crippen LogP contribution in [0.3, 0.4) is 0 Å². The molecule has 1 atom stereocenters. The molecule has 1 unspecified atom stereocenters. The van der Waals surface area contributed by atoms with Crippen LogP contribution in [-0.2, 0) is 13.0 Å². The zero-order chi connectivity index (χ0) is 26.4. The zero-order valence-electron chi connectivity index (χ0n) is 20.8. The first-order valence-electron chi connectivity index (χ1n) is 11.2. The molecule has 0 saturated carbocycles. The topological polar surface area (TPSA) is 120 Å². The Morgan fingerprint density at radius 3 is 2.25 bits per heavy atom. The van der Waals surface area contributed by atoms with Crippen LogP contribution >= 0.6 is 0 Å². The molecular formula is C27H28N2O7. The van der Waals surface area contributed by atoms with Gasteiger partial charge in [0.25, 0.3) is 5.56 Å². The standard InChI is InChI=1S/C27H28N2O7/c1-16-19(15-28)26(31)29(13-12-18-10-11-21(34-4)23(14-18)35-5)27(32)24(16)25(30)17(2)36-22-9-7-6-8-20(22)33-3/h6-11,14,17,32H,12-13H2,1-5H3. The molecule has 2 aromatic carbocycles. The van der Waals surface area contributed by atoms with E-state index >= 15 is 0 Å². The highest BCUT2D eigenvalue weighted by atomic mass is 16.5. The first-order chi connectivity index (χ1) is 17.3. The number of nitrogens with zero attached hydrogens (tertiary/aromatic N) is 2. The molecule has 0 bridgehead atoms. The second-order valence-electron chi connectivity index (χ2n) is 7.98. The van der Waals surface area contributed by atoms with Crippen molar-refractivity contribution < 1.29 is 28.8 Å². The van der Waals surface area contributed by atoms with E-state index in [1.54, 1.807) is 42.5 Å². The fourth-order valence-corrected chi connectivity index (χ4v) is 3.89. The summed E-state index contributed by atoms with van der Waals surface area (Å²) in [7, 11) is 4.53. The molecule has 0 radical (unpaired) electrons. The van der Waals surface area contributed by atoms with E-state index in [1.807, 2.05) is 6.07 Å². The van der Waals surface area contributed by atoms with Gasteiger partial charge in [0.1, 0.15) is 11.6 Å². The van der Waals surface area contributed by atoms with Crippen LogP contribution in [0.15, 0.2) is 47.3 Å². The summed E-state index contributed by atoms with van der Waals surface area (Å²) in [5, 5.41) is 20.7. The normalized spacial score (nSPS) is 11.3. The SMILES string of the molecule is COc1ccc(CCn2c(O)c(C(=O)C(C)Oc3ccccc3OC)c(C)c(C#N)c2=O)cc1OC. The van der Waals surface area contributed by atoms with Gasteiger partial charge in [0.2, 0.25) is 11.7 Å². The summed E-state index contributed by atoms with van der Waals surface area (Å²) in [4.78, 5) is 26.4. The maximum atomic E-state index is 13.4. The number of aryl methyl sites for hydroxylation is 1. The number of pyridine rings is 1. The summed E-state index contributed by atoms with van der Waals surface area (Å²) in [6.07, 6.45) is -0.711. The Morgan fingerprint density at radius 2 is 1.64 bits per heavy atom. The summed E-state index contributed by atoms with van der Waals surface area (Å²) in [6, 6.07) is 14.0. The number of aromatic nitrogens is 1. The van der Waals surface area contributed by atoms with Crippen LogP contribution in [0.1, 0.15) is 34.0 Å². The van der Waals surface area contributed by atoms with Crippen molar-refractivity contribution in [3.63, 3.8) is 0 Å². The number of benzene rings is 2. The van der Waals surface area contributed by atoms with Crippen molar-refractivity contribution in [3.8, 4) is 34.9 Å². The molecule has 0 amide bonds. The zero-order valence-corrected chi connectivity index (χ0v) is 20.8. The molecule has 1 heterocycles. The van der Waals surface area contributed by atoms with Gasteiger partial charge in [-0.1, -0.05) is 18.2 Å². The molecule has 0 aliphatic heterocycles. The lowest BCUT2D eigenvalue weighted by molar-refractivity contribution is 0.0808. The van der Waals surface area contributed by atoms with Crippen LogP contribution in [0.2, 0.25) is 0 Å². The summed E-state index contributed by atoms with van der Waals surface area (Å²) < 4.78 is 22.7. The van der Waals surface area contributed by atoms with E-state index in [1.165, 1.54) is 35.2 Å². The van der Waals surface area contributed by atoms with Gasteiger partial charge in [-0.15, -0.1) is 0 Å².